The predicted octanol–water partition coefficient (Wildman–Crippen LogP) is 0.930. The number of hydrogen-bond acceptors (Lipinski definition) is 6. The minimum absolute atomic E-state index is 0.0277. The molecule has 2 aliphatic rings. The van der Waals surface area contributed by atoms with E-state index in [2.05, 4.69) is 10.1 Å². The average molecular weight is 315 g/mol. The van der Waals surface area contributed by atoms with Crippen LogP contribution in [0.25, 0.3) is 0 Å². The van der Waals surface area contributed by atoms with Crippen molar-refractivity contribution in [2.45, 2.75) is 43.8 Å². The molecule has 2 unspecified atom stereocenters. The second-order valence-corrected chi connectivity index (χ2v) is 7.84. The molecule has 2 aliphatic heterocycles. The number of rotatable bonds is 4. The molecule has 118 valence electrons. The van der Waals surface area contributed by atoms with Gasteiger partial charge in [-0.15, -0.1) is 0 Å². The molecule has 0 amide bonds. The highest BCUT2D eigenvalue weighted by molar-refractivity contribution is 7.89. The summed E-state index contributed by atoms with van der Waals surface area (Å²) < 4.78 is 37.2. The first-order chi connectivity index (χ1) is 10.1. The number of hydrogen-bond donors (Lipinski definition) is 0. The SMILES string of the molecule is CCc1nc(C2CCCN(S(=O)(=O)C3CCOC3)C2)no1. The molecule has 0 aromatic carbocycles. The topological polar surface area (TPSA) is 85.5 Å². The summed E-state index contributed by atoms with van der Waals surface area (Å²) in [5.74, 6) is 1.27. The van der Waals surface area contributed by atoms with Crippen LogP contribution in [0.3, 0.4) is 0 Å². The molecule has 3 rings (SSSR count). The summed E-state index contributed by atoms with van der Waals surface area (Å²) in [6.07, 6.45) is 3.01. The van der Waals surface area contributed by atoms with Gasteiger partial charge in [0.15, 0.2) is 5.82 Å². The van der Waals surface area contributed by atoms with E-state index in [0.29, 0.717) is 50.9 Å². The van der Waals surface area contributed by atoms with Gasteiger partial charge in [-0.25, -0.2) is 12.7 Å². The Kier molecular flexibility index (Phi) is 4.28. The molecule has 7 nitrogen and oxygen atoms in total. The quantitative estimate of drug-likeness (QED) is 0.821. The van der Waals surface area contributed by atoms with Crippen LogP contribution in [-0.4, -0.2) is 54.4 Å². The first-order valence-electron chi connectivity index (χ1n) is 7.50. The molecule has 2 fully saturated rings. The summed E-state index contributed by atoms with van der Waals surface area (Å²) in [7, 11) is -3.28. The highest BCUT2D eigenvalue weighted by Crippen LogP contribution is 2.29. The largest absolute Gasteiger partial charge is 0.380 e. The third-order valence-corrected chi connectivity index (χ3v) is 6.47. The van der Waals surface area contributed by atoms with Gasteiger partial charge < -0.3 is 9.26 Å². The Morgan fingerprint density at radius 3 is 2.90 bits per heavy atom. The van der Waals surface area contributed by atoms with Gasteiger partial charge in [0.1, 0.15) is 5.25 Å². The van der Waals surface area contributed by atoms with Crippen molar-refractivity contribution in [3.8, 4) is 0 Å². The zero-order chi connectivity index (χ0) is 14.9. The van der Waals surface area contributed by atoms with Crippen molar-refractivity contribution in [1.82, 2.24) is 14.4 Å². The smallest absolute Gasteiger partial charge is 0.226 e. The molecule has 0 saturated carbocycles. The Balaban J connectivity index is 1.73. The third kappa shape index (κ3) is 2.97. The van der Waals surface area contributed by atoms with Crippen LogP contribution in [0.15, 0.2) is 4.52 Å². The van der Waals surface area contributed by atoms with E-state index >= 15 is 0 Å². The van der Waals surface area contributed by atoms with Gasteiger partial charge in [-0.1, -0.05) is 12.1 Å². The second-order valence-electron chi connectivity index (χ2n) is 5.63. The minimum Gasteiger partial charge on any atom is -0.380 e. The highest BCUT2D eigenvalue weighted by Gasteiger charge is 2.38. The van der Waals surface area contributed by atoms with Gasteiger partial charge in [0, 0.05) is 32.0 Å². The van der Waals surface area contributed by atoms with Crippen LogP contribution < -0.4 is 0 Å². The number of piperidine rings is 1. The van der Waals surface area contributed by atoms with E-state index in [1.165, 1.54) is 0 Å². The zero-order valence-corrected chi connectivity index (χ0v) is 13.0. The second kappa shape index (κ2) is 6.02. The van der Waals surface area contributed by atoms with Crippen molar-refractivity contribution in [2.24, 2.45) is 0 Å². The average Bonchev–Trinajstić information content (AvgIpc) is 3.19. The Hall–Kier alpha value is -0.990. The van der Waals surface area contributed by atoms with Crippen molar-refractivity contribution in [1.29, 1.82) is 0 Å². The van der Waals surface area contributed by atoms with Gasteiger partial charge in [0.25, 0.3) is 0 Å². The number of aryl methyl sites for hydroxylation is 1. The molecule has 0 bridgehead atoms. The third-order valence-electron chi connectivity index (χ3n) is 4.20. The summed E-state index contributed by atoms with van der Waals surface area (Å²) in [5.41, 5.74) is 0. The van der Waals surface area contributed by atoms with Gasteiger partial charge in [0.2, 0.25) is 15.9 Å². The number of ether oxygens (including phenoxy) is 1. The molecule has 2 atom stereocenters. The Morgan fingerprint density at radius 2 is 2.24 bits per heavy atom. The fourth-order valence-electron chi connectivity index (χ4n) is 2.92. The van der Waals surface area contributed by atoms with Crippen LogP contribution in [0.4, 0.5) is 0 Å². The lowest BCUT2D eigenvalue weighted by Gasteiger charge is -2.32. The fourth-order valence-corrected chi connectivity index (χ4v) is 4.78. The van der Waals surface area contributed by atoms with E-state index in [9.17, 15) is 8.42 Å². The van der Waals surface area contributed by atoms with E-state index in [-0.39, 0.29) is 5.92 Å². The monoisotopic (exact) mass is 315 g/mol. The summed E-state index contributed by atoms with van der Waals surface area (Å²) in [4.78, 5) is 4.34. The first kappa shape index (κ1) is 14.9. The number of sulfonamides is 1. The molecule has 0 radical (unpaired) electrons. The van der Waals surface area contributed by atoms with Crippen molar-refractivity contribution in [3.05, 3.63) is 11.7 Å². The molecule has 8 heteroatoms. The minimum atomic E-state index is -3.28. The van der Waals surface area contributed by atoms with Crippen molar-refractivity contribution < 1.29 is 17.7 Å². The summed E-state index contributed by atoms with van der Waals surface area (Å²) in [6.45, 7) is 3.82. The van der Waals surface area contributed by atoms with Crippen LogP contribution in [0.1, 0.15) is 43.8 Å². The highest BCUT2D eigenvalue weighted by atomic mass is 32.2. The van der Waals surface area contributed by atoms with Gasteiger partial charge in [-0.3, -0.25) is 0 Å². The van der Waals surface area contributed by atoms with Crippen molar-refractivity contribution in [3.63, 3.8) is 0 Å². The molecular weight excluding hydrogens is 294 g/mol. The Morgan fingerprint density at radius 1 is 1.38 bits per heavy atom. The summed E-state index contributed by atoms with van der Waals surface area (Å²) >= 11 is 0. The summed E-state index contributed by atoms with van der Waals surface area (Å²) in [6, 6.07) is 0. The normalized spacial score (nSPS) is 28.0. The van der Waals surface area contributed by atoms with Crippen molar-refractivity contribution in [2.75, 3.05) is 26.3 Å². The van der Waals surface area contributed by atoms with Crippen LogP contribution in [0.5, 0.6) is 0 Å². The maximum atomic E-state index is 12.6. The number of nitrogens with zero attached hydrogens (tertiary/aromatic N) is 3. The van der Waals surface area contributed by atoms with E-state index in [1.54, 1.807) is 4.31 Å². The lowest BCUT2D eigenvalue weighted by atomic mass is 9.99. The fraction of sp³-hybridized carbons (Fsp3) is 0.846. The van der Waals surface area contributed by atoms with Crippen LogP contribution >= 0.6 is 0 Å². The molecule has 21 heavy (non-hydrogen) atoms. The van der Waals surface area contributed by atoms with E-state index < -0.39 is 15.3 Å². The maximum absolute atomic E-state index is 12.6. The molecule has 0 N–H and O–H groups in total. The number of aromatic nitrogens is 2. The molecule has 0 spiro atoms. The zero-order valence-electron chi connectivity index (χ0n) is 12.2. The van der Waals surface area contributed by atoms with Crippen LogP contribution in [0, 0.1) is 0 Å². The van der Waals surface area contributed by atoms with E-state index in [1.807, 2.05) is 6.92 Å². The Bertz CT molecular complexity index is 580. The Labute approximate surface area is 124 Å². The molecule has 1 aromatic rings. The van der Waals surface area contributed by atoms with Crippen LogP contribution in [0.2, 0.25) is 0 Å². The van der Waals surface area contributed by atoms with Gasteiger partial charge in [0.05, 0.1) is 6.61 Å². The van der Waals surface area contributed by atoms with Crippen LogP contribution in [-0.2, 0) is 21.2 Å². The molecule has 1 aromatic heterocycles. The molecule has 0 aliphatic carbocycles. The molecule has 3 heterocycles. The van der Waals surface area contributed by atoms with Gasteiger partial charge in [-0.2, -0.15) is 4.98 Å². The van der Waals surface area contributed by atoms with Crippen molar-refractivity contribution >= 4 is 10.0 Å². The lowest BCUT2D eigenvalue weighted by Crippen LogP contribution is -2.44. The van der Waals surface area contributed by atoms with Gasteiger partial charge in [-0.05, 0) is 19.3 Å². The first-order valence-corrected chi connectivity index (χ1v) is 9.00. The summed E-state index contributed by atoms with van der Waals surface area (Å²) in [5, 5.41) is 3.60. The molecular formula is C13H21N3O4S. The van der Waals surface area contributed by atoms with E-state index in [0.717, 1.165) is 12.8 Å². The molecule has 2 saturated heterocycles. The lowest BCUT2D eigenvalue weighted by molar-refractivity contribution is 0.197. The standard InChI is InChI=1S/C13H21N3O4S/c1-2-12-14-13(15-20-12)10-4-3-6-16(8-10)21(17,18)11-5-7-19-9-11/h10-11H,2-9H2,1H3. The van der Waals surface area contributed by atoms with E-state index in [4.69, 9.17) is 9.26 Å². The predicted molar refractivity (Wildman–Crippen MR) is 75.4 cm³/mol. The maximum Gasteiger partial charge on any atom is 0.226 e. The van der Waals surface area contributed by atoms with Gasteiger partial charge >= 0.3 is 0 Å².